The molecule has 0 bridgehead atoms. The van der Waals surface area contributed by atoms with E-state index < -0.39 is 0 Å². The predicted molar refractivity (Wildman–Crippen MR) is 50.6 cm³/mol. The number of carbonyl (C=O) groups is 1. The monoisotopic (exact) mass is 182 g/mol. The first-order valence-electron chi connectivity index (χ1n) is 5.36. The summed E-state index contributed by atoms with van der Waals surface area (Å²) in [6.07, 6.45) is 6.62. The SMILES string of the molecule is CC1(C(=O)CCC2CCCO2)CC1. The van der Waals surface area contributed by atoms with Gasteiger partial charge < -0.3 is 4.74 Å². The lowest BCUT2D eigenvalue weighted by molar-refractivity contribution is -0.124. The zero-order valence-corrected chi connectivity index (χ0v) is 8.34. The molecule has 2 heteroatoms. The maximum absolute atomic E-state index is 11.6. The van der Waals surface area contributed by atoms with E-state index in [1.807, 2.05) is 0 Å². The van der Waals surface area contributed by atoms with Crippen LogP contribution in [0.5, 0.6) is 0 Å². The molecular weight excluding hydrogens is 164 g/mol. The van der Waals surface area contributed by atoms with Gasteiger partial charge in [-0.15, -0.1) is 0 Å². The third kappa shape index (κ3) is 2.11. The van der Waals surface area contributed by atoms with E-state index in [1.165, 1.54) is 6.42 Å². The van der Waals surface area contributed by atoms with Gasteiger partial charge in [-0.1, -0.05) is 6.92 Å². The van der Waals surface area contributed by atoms with Crippen molar-refractivity contribution < 1.29 is 9.53 Å². The van der Waals surface area contributed by atoms with Gasteiger partial charge in [0, 0.05) is 18.4 Å². The van der Waals surface area contributed by atoms with Crippen molar-refractivity contribution in [2.45, 2.75) is 51.6 Å². The molecule has 13 heavy (non-hydrogen) atoms. The average molecular weight is 182 g/mol. The fourth-order valence-electron chi connectivity index (χ4n) is 1.93. The van der Waals surface area contributed by atoms with Gasteiger partial charge in [0.1, 0.15) is 5.78 Å². The molecule has 1 aliphatic heterocycles. The van der Waals surface area contributed by atoms with E-state index in [0.29, 0.717) is 11.9 Å². The Hall–Kier alpha value is -0.370. The molecule has 1 unspecified atom stereocenters. The first-order chi connectivity index (χ1) is 6.21. The highest BCUT2D eigenvalue weighted by molar-refractivity contribution is 5.86. The van der Waals surface area contributed by atoms with E-state index >= 15 is 0 Å². The zero-order chi connectivity index (χ0) is 9.31. The first kappa shape index (κ1) is 9.20. The van der Waals surface area contributed by atoms with Crippen molar-refractivity contribution in [2.24, 2.45) is 5.41 Å². The van der Waals surface area contributed by atoms with E-state index in [0.717, 1.165) is 38.7 Å². The van der Waals surface area contributed by atoms with Crippen molar-refractivity contribution in [3.63, 3.8) is 0 Å². The van der Waals surface area contributed by atoms with Crippen LogP contribution in [0.3, 0.4) is 0 Å². The molecule has 1 atom stereocenters. The lowest BCUT2D eigenvalue weighted by Gasteiger charge is -2.10. The molecule has 0 aromatic carbocycles. The summed E-state index contributed by atoms with van der Waals surface area (Å²) in [6.45, 7) is 2.99. The minimum absolute atomic E-state index is 0.0681. The Morgan fingerprint density at radius 1 is 1.54 bits per heavy atom. The minimum Gasteiger partial charge on any atom is -0.378 e. The number of ether oxygens (including phenoxy) is 1. The summed E-state index contributed by atoms with van der Waals surface area (Å²) in [4.78, 5) is 11.6. The number of ketones is 1. The second kappa shape index (κ2) is 3.41. The highest BCUT2D eigenvalue weighted by Gasteiger charge is 2.43. The van der Waals surface area contributed by atoms with Crippen molar-refractivity contribution in [3.8, 4) is 0 Å². The van der Waals surface area contributed by atoms with Gasteiger partial charge >= 0.3 is 0 Å². The molecule has 1 aliphatic carbocycles. The summed E-state index contributed by atoms with van der Waals surface area (Å²) in [5, 5.41) is 0. The van der Waals surface area contributed by atoms with Gasteiger partial charge in [0.25, 0.3) is 0 Å². The Labute approximate surface area is 79.7 Å². The van der Waals surface area contributed by atoms with Crippen LogP contribution in [0.1, 0.15) is 45.4 Å². The van der Waals surface area contributed by atoms with Gasteiger partial charge in [-0.2, -0.15) is 0 Å². The molecule has 0 aromatic rings. The number of Topliss-reactive ketones (excluding diaryl/α,β-unsaturated/α-hetero) is 1. The van der Waals surface area contributed by atoms with Crippen molar-refractivity contribution >= 4 is 5.78 Å². The van der Waals surface area contributed by atoms with Crippen LogP contribution >= 0.6 is 0 Å². The molecule has 74 valence electrons. The fourth-order valence-corrected chi connectivity index (χ4v) is 1.93. The fraction of sp³-hybridized carbons (Fsp3) is 0.909. The highest BCUT2D eigenvalue weighted by Crippen LogP contribution is 2.46. The molecule has 0 aromatic heterocycles. The van der Waals surface area contributed by atoms with Crippen molar-refractivity contribution in [3.05, 3.63) is 0 Å². The third-order valence-corrected chi connectivity index (χ3v) is 3.39. The summed E-state index contributed by atoms with van der Waals surface area (Å²) in [5.74, 6) is 0.461. The molecule has 0 N–H and O–H groups in total. The summed E-state index contributed by atoms with van der Waals surface area (Å²) in [5.41, 5.74) is 0.0681. The number of rotatable bonds is 4. The van der Waals surface area contributed by atoms with Crippen LogP contribution in [-0.2, 0) is 9.53 Å². The maximum atomic E-state index is 11.6. The Bertz CT molecular complexity index is 200. The molecule has 1 heterocycles. The molecule has 1 saturated carbocycles. The molecule has 2 nitrogen and oxygen atoms in total. The van der Waals surface area contributed by atoms with Crippen molar-refractivity contribution in [1.82, 2.24) is 0 Å². The van der Waals surface area contributed by atoms with Crippen molar-refractivity contribution in [1.29, 1.82) is 0 Å². The van der Waals surface area contributed by atoms with E-state index in [2.05, 4.69) is 6.92 Å². The minimum atomic E-state index is 0.0681. The van der Waals surface area contributed by atoms with E-state index in [1.54, 1.807) is 0 Å². The van der Waals surface area contributed by atoms with Crippen LogP contribution in [0.2, 0.25) is 0 Å². The molecule has 2 rings (SSSR count). The smallest absolute Gasteiger partial charge is 0.138 e. The summed E-state index contributed by atoms with van der Waals surface area (Å²) < 4.78 is 5.48. The normalized spacial score (nSPS) is 30.4. The average Bonchev–Trinajstić information content (AvgIpc) is 2.70. The van der Waals surface area contributed by atoms with E-state index in [4.69, 9.17) is 4.74 Å². The predicted octanol–water partition coefficient (Wildman–Crippen LogP) is 2.31. The van der Waals surface area contributed by atoms with Gasteiger partial charge in [0.15, 0.2) is 0 Å². The van der Waals surface area contributed by atoms with Crippen LogP contribution in [-0.4, -0.2) is 18.5 Å². The molecule has 0 radical (unpaired) electrons. The van der Waals surface area contributed by atoms with Crippen LogP contribution in [0.25, 0.3) is 0 Å². The van der Waals surface area contributed by atoms with Crippen LogP contribution in [0.4, 0.5) is 0 Å². The molecular formula is C11H18O2. The standard InChI is InChI=1S/C11H18O2/c1-11(6-7-11)10(12)5-4-9-3-2-8-13-9/h9H,2-8H2,1H3. The first-order valence-corrected chi connectivity index (χ1v) is 5.36. The quantitative estimate of drug-likeness (QED) is 0.667. The van der Waals surface area contributed by atoms with Crippen LogP contribution in [0, 0.1) is 5.41 Å². The van der Waals surface area contributed by atoms with Gasteiger partial charge in [0.05, 0.1) is 6.10 Å². The lowest BCUT2D eigenvalue weighted by atomic mass is 9.98. The Balaban J connectivity index is 1.69. The Morgan fingerprint density at radius 2 is 2.31 bits per heavy atom. The molecule has 2 aliphatic rings. The van der Waals surface area contributed by atoms with Gasteiger partial charge in [-0.25, -0.2) is 0 Å². The third-order valence-electron chi connectivity index (χ3n) is 3.39. The summed E-state index contributed by atoms with van der Waals surface area (Å²) in [7, 11) is 0. The van der Waals surface area contributed by atoms with E-state index in [9.17, 15) is 4.79 Å². The van der Waals surface area contributed by atoms with E-state index in [-0.39, 0.29) is 5.41 Å². The van der Waals surface area contributed by atoms with Crippen LogP contribution < -0.4 is 0 Å². The lowest BCUT2D eigenvalue weighted by Crippen LogP contribution is -2.15. The number of carbonyl (C=O) groups excluding carboxylic acids is 1. The molecule has 1 saturated heterocycles. The molecule has 2 fully saturated rings. The van der Waals surface area contributed by atoms with Crippen molar-refractivity contribution in [2.75, 3.05) is 6.61 Å². The van der Waals surface area contributed by atoms with Gasteiger partial charge in [-0.3, -0.25) is 4.79 Å². The molecule has 0 spiro atoms. The van der Waals surface area contributed by atoms with Gasteiger partial charge in [-0.05, 0) is 32.1 Å². The summed E-state index contributed by atoms with van der Waals surface area (Å²) >= 11 is 0. The van der Waals surface area contributed by atoms with Gasteiger partial charge in [0.2, 0.25) is 0 Å². The second-order valence-corrected chi connectivity index (χ2v) is 4.66. The second-order valence-electron chi connectivity index (χ2n) is 4.66. The number of hydrogen-bond acceptors (Lipinski definition) is 2. The zero-order valence-electron chi connectivity index (χ0n) is 8.34. The topological polar surface area (TPSA) is 26.3 Å². The summed E-state index contributed by atoms with van der Waals surface area (Å²) in [6, 6.07) is 0. The highest BCUT2D eigenvalue weighted by atomic mass is 16.5. The Morgan fingerprint density at radius 3 is 2.85 bits per heavy atom. The van der Waals surface area contributed by atoms with Crippen LogP contribution in [0.15, 0.2) is 0 Å². The number of hydrogen-bond donors (Lipinski definition) is 0. The Kier molecular flexibility index (Phi) is 2.41. The maximum Gasteiger partial charge on any atom is 0.138 e. The molecule has 0 amide bonds. The largest absolute Gasteiger partial charge is 0.378 e.